The predicted octanol–water partition coefficient (Wildman–Crippen LogP) is 1.90. The second-order valence-electron chi connectivity index (χ2n) is 5.18. The van der Waals surface area contributed by atoms with Crippen LogP contribution in [0.1, 0.15) is 36.5 Å². The van der Waals surface area contributed by atoms with E-state index in [9.17, 15) is 9.90 Å². The Bertz CT molecular complexity index is 440. The molecule has 0 saturated heterocycles. The first-order valence-electron chi connectivity index (χ1n) is 6.61. The fourth-order valence-electron chi connectivity index (χ4n) is 2.56. The van der Waals surface area contributed by atoms with E-state index in [2.05, 4.69) is 18.2 Å². The van der Waals surface area contributed by atoms with E-state index >= 15 is 0 Å². The highest BCUT2D eigenvalue weighted by Gasteiger charge is 2.15. The minimum atomic E-state index is -0.923. The number of nitrogens with zero attached hydrogens (tertiary/aromatic N) is 1. The van der Waals surface area contributed by atoms with Crippen molar-refractivity contribution >= 4 is 5.91 Å². The second-order valence-corrected chi connectivity index (χ2v) is 5.18. The highest BCUT2D eigenvalue weighted by Crippen LogP contribution is 2.22. The lowest BCUT2D eigenvalue weighted by Crippen LogP contribution is -2.34. The molecule has 1 aromatic carbocycles. The van der Waals surface area contributed by atoms with Gasteiger partial charge in [-0.05, 0) is 49.3 Å². The molecule has 1 aliphatic carbocycles. The Hall–Kier alpha value is -1.35. The number of aliphatic hydroxyl groups excluding tert-OH is 1. The maximum Gasteiger partial charge on any atom is 0.251 e. The maximum absolute atomic E-state index is 11.6. The topological polar surface area (TPSA) is 40.5 Å². The Morgan fingerprint density at radius 1 is 1.33 bits per heavy atom. The molecule has 18 heavy (non-hydrogen) atoms. The molecule has 98 valence electrons. The minimum Gasteiger partial charge on any atom is -0.384 e. The molecule has 3 nitrogen and oxygen atoms in total. The van der Waals surface area contributed by atoms with Gasteiger partial charge in [-0.15, -0.1) is 0 Å². The van der Waals surface area contributed by atoms with Gasteiger partial charge < -0.3 is 10.0 Å². The number of likely N-dealkylation sites (N-methyl/N-ethyl adjacent to an activating group) is 1. The van der Waals surface area contributed by atoms with Crippen molar-refractivity contribution in [3.05, 3.63) is 34.9 Å². The number of amides is 1. The number of fused-ring (bicyclic) bond motifs is 1. The van der Waals surface area contributed by atoms with Crippen molar-refractivity contribution in [1.82, 2.24) is 4.90 Å². The van der Waals surface area contributed by atoms with E-state index < -0.39 is 6.10 Å². The molecule has 0 bridgehead atoms. The Kier molecular flexibility index (Phi) is 4.02. The largest absolute Gasteiger partial charge is 0.384 e. The molecule has 0 aromatic heterocycles. The van der Waals surface area contributed by atoms with Gasteiger partial charge in [0.1, 0.15) is 6.10 Å². The van der Waals surface area contributed by atoms with E-state index in [-0.39, 0.29) is 5.91 Å². The Morgan fingerprint density at radius 3 is 2.67 bits per heavy atom. The third-order valence-corrected chi connectivity index (χ3v) is 3.57. The zero-order chi connectivity index (χ0) is 13.1. The van der Waals surface area contributed by atoms with Gasteiger partial charge in [0, 0.05) is 13.6 Å². The van der Waals surface area contributed by atoms with Crippen molar-refractivity contribution in [2.45, 2.75) is 45.3 Å². The van der Waals surface area contributed by atoms with Crippen LogP contribution in [0.5, 0.6) is 0 Å². The second kappa shape index (κ2) is 5.53. The fourth-order valence-corrected chi connectivity index (χ4v) is 2.56. The number of hydrogen-bond donors (Lipinski definition) is 1. The number of aryl methyl sites for hydroxylation is 2. The average Bonchev–Trinajstić information content (AvgIpc) is 2.37. The van der Waals surface area contributed by atoms with Crippen molar-refractivity contribution in [1.29, 1.82) is 0 Å². The van der Waals surface area contributed by atoms with Crippen LogP contribution in [0.2, 0.25) is 0 Å². The van der Waals surface area contributed by atoms with Crippen LogP contribution in [0.4, 0.5) is 0 Å². The lowest BCUT2D eigenvalue weighted by molar-refractivity contribution is -0.138. The summed E-state index contributed by atoms with van der Waals surface area (Å²) in [5, 5.41) is 9.27. The summed E-state index contributed by atoms with van der Waals surface area (Å²) in [6.45, 7) is 2.07. The summed E-state index contributed by atoms with van der Waals surface area (Å²) in [4.78, 5) is 13.2. The van der Waals surface area contributed by atoms with Gasteiger partial charge in [-0.1, -0.05) is 18.2 Å². The zero-order valence-electron chi connectivity index (χ0n) is 11.1. The van der Waals surface area contributed by atoms with Gasteiger partial charge in [0.25, 0.3) is 5.91 Å². The Morgan fingerprint density at radius 2 is 2.00 bits per heavy atom. The van der Waals surface area contributed by atoms with E-state index in [1.807, 2.05) is 0 Å². The molecular formula is C15H21NO2. The average molecular weight is 247 g/mol. The van der Waals surface area contributed by atoms with E-state index in [4.69, 9.17) is 0 Å². The van der Waals surface area contributed by atoms with Crippen LogP contribution < -0.4 is 0 Å². The third kappa shape index (κ3) is 2.91. The predicted molar refractivity (Wildman–Crippen MR) is 71.2 cm³/mol. The van der Waals surface area contributed by atoms with Gasteiger partial charge in [-0.2, -0.15) is 0 Å². The number of carbonyl (C=O) groups excluding carboxylic acids is 1. The summed E-state index contributed by atoms with van der Waals surface area (Å²) in [7, 11) is 1.73. The molecule has 0 heterocycles. The molecule has 1 N–H and O–H groups in total. The van der Waals surface area contributed by atoms with Crippen LogP contribution in [0.25, 0.3) is 0 Å². The molecule has 1 aromatic rings. The number of rotatable bonds is 3. The van der Waals surface area contributed by atoms with Crippen molar-refractivity contribution in [2.75, 3.05) is 7.05 Å². The standard InChI is InChI=1S/C15H21NO2/c1-11(17)15(18)16(2)10-12-7-8-13-5-3-4-6-14(13)9-12/h7-9,11,17H,3-6,10H2,1-2H3. The van der Waals surface area contributed by atoms with E-state index in [1.165, 1.54) is 37.3 Å². The van der Waals surface area contributed by atoms with Gasteiger partial charge in [0.05, 0.1) is 0 Å². The van der Waals surface area contributed by atoms with Crippen LogP contribution in [0.15, 0.2) is 18.2 Å². The number of hydrogen-bond acceptors (Lipinski definition) is 2. The van der Waals surface area contributed by atoms with Crippen molar-refractivity contribution in [3.8, 4) is 0 Å². The summed E-state index contributed by atoms with van der Waals surface area (Å²) >= 11 is 0. The van der Waals surface area contributed by atoms with Crippen LogP contribution in [0, 0.1) is 0 Å². The summed E-state index contributed by atoms with van der Waals surface area (Å²) in [5.74, 6) is -0.229. The van der Waals surface area contributed by atoms with Gasteiger partial charge in [-0.25, -0.2) is 0 Å². The SMILES string of the molecule is CC(O)C(=O)N(C)Cc1ccc2c(c1)CCCC2. The van der Waals surface area contributed by atoms with E-state index in [0.717, 1.165) is 12.0 Å². The molecular weight excluding hydrogens is 226 g/mol. The van der Waals surface area contributed by atoms with Crippen LogP contribution in [0.3, 0.4) is 0 Å². The molecule has 1 atom stereocenters. The first-order valence-corrected chi connectivity index (χ1v) is 6.61. The molecule has 1 unspecified atom stereocenters. The third-order valence-electron chi connectivity index (χ3n) is 3.57. The van der Waals surface area contributed by atoms with Crippen LogP contribution >= 0.6 is 0 Å². The van der Waals surface area contributed by atoms with Crippen LogP contribution in [-0.2, 0) is 24.2 Å². The number of benzene rings is 1. The maximum atomic E-state index is 11.6. The Labute approximate surface area is 108 Å². The van der Waals surface area contributed by atoms with Gasteiger partial charge in [-0.3, -0.25) is 4.79 Å². The highest BCUT2D eigenvalue weighted by molar-refractivity contribution is 5.79. The number of carbonyl (C=O) groups is 1. The smallest absolute Gasteiger partial charge is 0.251 e. The lowest BCUT2D eigenvalue weighted by atomic mass is 9.90. The summed E-state index contributed by atoms with van der Waals surface area (Å²) in [6.07, 6.45) is 3.95. The lowest BCUT2D eigenvalue weighted by Gasteiger charge is -2.21. The molecule has 0 saturated carbocycles. The number of aliphatic hydroxyl groups is 1. The van der Waals surface area contributed by atoms with Crippen LogP contribution in [-0.4, -0.2) is 29.1 Å². The molecule has 1 amide bonds. The monoisotopic (exact) mass is 247 g/mol. The van der Waals surface area contributed by atoms with Crippen molar-refractivity contribution in [3.63, 3.8) is 0 Å². The van der Waals surface area contributed by atoms with E-state index in [1.54, 1.807) is 11.9 Å². The quantitative estimate of drug-likeness (QED) is 0.886. The minimum absolute atomic E-state index is 0.229. The summed E-state index contributed by atoms with van der Waals surface area (Å²) < 4.78 is 0. The molecule has 0 radical (unpaired) electrons. The molecule has 0 fully saturated rings. The highest BCUT2D eigenvalue weighted by atomic mass is 16.3. The molecule has 0 aliphatic heterocycles. The van der Waals surface area contributed by atoms with Gasteiger partial charge in [0.15, 0.2) is 0 Å². The molecule has 2 rings (SSSR count). The normalized spacial score (nSPS) is 15.9. The fraction of sp³-hybridized carbons (Fsp3) is 0.533. The van der Waals surface area contributed by atoms with E-state index in [0.29, 0.717) is 6.54 Å². The first kappa shape index (κ1) is 13.1. The molecule has 1 aliphatic rings. The van der Waals surface area contributed by atoms with Crippen molar-refractivity contribution < 1.29 is 9.90 Å². The van der Waals surface area contributed by atoms with Crippen molar-refractivity contribution in [2.24, 2.45) is 0 Å². The molecule has 0 spiro atoms. The first-order chi connectivity index (χ1) is 8.58. The molecule has 3 heteroatoms. The summed E-state index contributed by atoms with van der Waals surface area (Å²) in [6, 6.07) is 6.49. The zero-order valence-corrected chi connectivity index (χ0v) is 11.1. The Balaban J connectivity index is 2.08. The summed E-state index contributed by atoms with van der Waals surface area (Å²) in [5.41, 5.74) is 4.03. The van der Waals surface area contributed by atoms with Gasteiger partial charge >= 0.3 is 0 Å². The van der Waals surface area contributed by atoms with Gasteiger partial charge in [0.2, 0.25) is 0 Å².